The number of carboxylic acid groups (broad SMARTS) is 1. The van der Waals surface area contributed by atoms with Gasteiger partial charge in [-0.3, -0.25) is 4.55 Å². The Labute approximate surface area is 221 Å². The maximum atomic E-state index is 12.5. The van der Waals surface area contributed by atoms with E-state index < -0.39 is 32.3 Å². The summed E-state index contributed by atoms with van der Waals surface area (Å²) in [6.45, 7) is 1.53. The third-order valence-electron chi connectivity index (χ3n) is 3.97. The summed E-state index contributed by atoms with van der Waals surface area (Å²) in [4.78, 5) is 10.7. The van der Waals surface area contributed by atoms with Gasteiger partial charge in [-0.2, -0.15) is 13.5 Å². The number of azo groups is 1. The van der Waals surface area contributed by atoms with Crippen LogP contribution in [0.5, 0.6) is 5.75 Å². The van der Waals surface area contributed by atoms with E-state index in [-0.39, 0.29) is 75.5 Å². The van der Waals surface area contributed by atoms with Crippen molar-refractivity contribution < 1.29 is 87.1 Å². The summed E-state index contributed by atoms with van der Waals surface area (Å²) in [6, 6.07) is 9.81. The SMILES string of the molecule is Cc1cc(S(=O)(=O)O)c(N=Nc2c([O-])c(C(=O)[O-])cc3ccccc23)cc1Cl.[Na+].[Na+]. The number of hydrogen-bond acceptors (Lipinski definition) is 7. The summed E-state index contributed by atoms with van der Waals surface area (Å²) in [5.74, 6) is -2.61. The van der Waals surface area contributed by atoms with Gasteiger partial charge in [0, 0.05) is 10.4 Å². The van der Waals surface area contributed by atoms with Crippen molar-refractivity contribution >= 4 is 49.8 Å². The monoisotopic (exact) mass is 464 g/mol. The number of aromatic carboxylic acids is 1. The molecule has 0 aliphatic heterocycles. The molecule has 3 aromatic rings. The number of aryl methyl sites for hydroxylation is 1. The van der Waals surface area contributed by atoms with Crippen LogP contribution in [0, 0.1) is 6.92 Å². The molecule has 0 radical (unpaired) electrons. The average Bonchev–Trinajstić information content (AvgIpc) is 2.61. The van der Waals surface area contributed by atoms with Gasteiger partial charge in [-0.25, -0.2) is 0 Å². The molecule has 0 unspecified atom stereocenters. The molecule has 0 fully saturated rings. The van der Waals surface area contributed by atoms with Gasteiger partial charge in [-0.05, 0) is 41.6 Å². The number of carbonyl (C=O) groups excluding carboxylic acids is 1. The van der Waals surface area contributed by atoms with Gasteiger partial charge < -0.3 is 15.0 Å². The second kappa shape index (κ2) is 10.5. The molecule has 8 nitrogen and oxygen atoms in total. The van der Waals surface area contributed by atoms with E-state index in [9.17, 15) is 28.0 Å². The summed E-state index contributed by atoms with van der Waals surface area (Å²) in [6.07, 6.45) is 0. The van der Waals surface area contributed by atoms with Crippen LogP contribution in [-0.4, -0.2) is 18.9 Å². The van der Waals surface area contributed by atoms with Crippen molar-refractivity contribution in [2.45, 2.75) is 11.8 Å². The average molecular weight is 465 g/mol. The predicted molar refractivity (Wildman–Crippen MR) is 97.9 cm³/mol. The molecule has 0 aliphatic carbocycles. The summed E-state index contributed by atoms with van der Waals surface area (Å²) in [5, 5.41) is 32.1. The van der Waals surface area contributed by atoms with E-state index in [1.165, 1.54) is 25.1 Å². The first-order valence-corrected chi connectivity index (χ1v) is 9.55. The fourth-order valence-electron chi connectivity index (χ4n) is 2.59. The second-order valence-corrected chi connectivity index (χ2v) is 7.65. The van der Waals surface area contributed by atoms with E-state index in [1.807, 2.05) is 0 Å². The topological polar surface area (TPSA) is 142 Å². The van der Waals surface area contributed by atoms with Gasteiger partial charge in [0.25, 0.3) is 10.1 Å². The van der Waals surface area contributed by atoms with Crippen LogP contribution < -0.4 is 69.3 Å². The maximum absolute atomic E-state index is 12.5. The van der Waals surface area contributed by atoms with E-state index >= 15 is 0 Å². The van der Waals surface area contributed by atoms with E-state index in [2.05, 4.69) is 10.2 Å². The number of carbonyl (C=O) groups is 1. The Bertz CT molecular complexity index is 1270. The Morgan fingerprint density at radius 1 is 1.10 bits per heavy atom. The molecule has 0 saturated carbocycles. The second-order valence-electron chi connectivity index (χ2n) is 5.85. The molecule has 30 heavy (non-hydrogen) atoms. The predicted octanol–water partition coefficient (Wildman–Crippen LogP) is -3.09. The summed E-state index contributed by atoms with van der Waals surface area (Å²) in [7, 11) is -4.65. The van der Waals surface area contributed by atoms with Crippen molar-refractivity contribution in [1.82, 2.24) is 0 Å². The normalized spacial score (nSPS) is 11.2. The van der Waals surface area contributed by atoms with Gasteiger partial charge in [-0.15, -0.1) is 5.11 Å². The number of carboxylic acids is 1. The Kier molecular flexibility index (Phi) is 9.49. The minimum absolute atomic E-state index is 0. The molecule has 0 saturated heterocycles. The molecule has 0 heterocycles. The number of benzene rings is 3. The molecule has 0 aromatic heterocycles. The zero-order valence-corrected chi connectivity index (χ0v) is 21.8. The fraction of sp³-hybridized carbons (Fsp3) is 0.0556. The van der Waals surface area contributed by atoms with Crippen molar-refractivity contribution in [2.75, 3.05) is 0 Å². The molecule has 1 N–H and O–H groups in total. The van der Waals surface area contributed by atoms with Crippen LogP contribution in [-0.2, 0) is 10.1 Å². The fourth-order valence-corrected chi connectivity index (χ4v) is 3.44. The minimum Gasteiger partial charge on any atom is -0.871 e. The van der Waals surface area contributed by atoms with Crippen molar-refractivity contribution in [3.8, 4) is 5.75 Å². The van der Waals surface area contributed by atoms with Gasteiger partial charge in [0.2, 0.25) is 0 Å². The van der Waals surface area contributed by atoms with Crippen LogP contribution >= 0.6 is 11.6 Å². The Balaban J connectivity index is 0.00000225. The molecular weight excluding hydrogens is 454 g/mol. The molecule has 12 heteroatoms. The van der Waals surface area contributed by atoms with Gasteiger partial charge in [0.1, 0.15) is 10.6 Å². The van der Waals surface area contributed by atoms with Crippen LogP contribution in [0.2, 0.25) is 5.02 Å². The van der Waals surface area contributed by atoms with Crippen LogP contribution in [0.4, 0.5) is 11.4 Å². The van der Waals surface area contributed by atoms with Crippen LogP contribution in [0.15, 0.2) is 57.6 Å². The first-order chi connectivity index (χ1) is 13.1. The Morgan fingerprint density at radius 2 is 1.73 bits per heavy atom. The number of hydrogen-bond donors (Lipinski definition) is 1. The zero-order chi connectivity index (χ0) is 20.6. The third-order valence-corrected chi connectivity index (χ3v) is 5.26. The zero-order valence-electron chi connectivity index (χ0n) is 16.2. The molecule has 0 spiro atoms. The van der Waals surface area contributed by atoms with E-state index in [1.54, 1.807) is 18.2 Å². The van der Waals surface area contributed by atoms with Crippen LogP contribution in [0.1, 0.15) is 15.9 Å². The molecule has 3 rings (SSSR count). The van der Waals surface area contributed by atoms with Gasteiger partial charge >= 0.3 is 59.1 Å². The number of fused-ring (bicyclic) bond motifs is 1. The number of halogens is 1. The molecule has 0 aliphatic rings. The standard InChI is InChI=1S/C18H13ClN2O6S.2Na/c1-9-6-15(28(25,26)27)14(8-13(9)19)20-21-16-11-5-3-2-4-10(11)7-12(17(16)22)18(23)24;;/h2-8,22H,1H3,(H,23,24)(H,25,26,27);;/q;2*+1/p-2. The first-order valence-electron chi connectivity index (χ1n) is 7.73. The van der Waals surface area contributed by atoms with Crippen molar-refractivity contribution in [3.63, 3.8) is 0 Å². The summed E-state index contributed by atoms with van der Waals surface area (Å²) in [5.41, 5.74) is -0.845. The van der Waals surface area contributed by atoms with E-state index in [4.69, 9.17) is 11.6 Å². The molecular formula is C18H11ClN2Na2O6S. The van der Waals surface area contributed by atoms with Gasteiger partial charge in [0.15, 0.2) is 0 Å². The molecule has 0 atom stereocenters. The van der Waals surface area contributed by atoms with E-state index in [0.717, 1.165) is 6.07 Å². The van der Waals surface area contributed by atoms with E-state index in [0.29, 0.717) is 16.3 Å². The van der Waals surface area contributed by atoms with Crippen LogP contribution in [0.3, 0.4) is 0 Å². The minimum atomic E-state index is -4.65. The first kappa shape index (κ1) is 27.0. The molecule has 0 bridgehead atoms. The third kappa shape index (κ3) is 5.61. The molecule has 3 aromatic carbocycles. The summed E-state index contributed by atoms with van der Waals surface area (Å²) < 4.78 is 32.6. The van der Waals surface area contributed by atoms with Crippen molar-refractivity contribution in [2.24, 2.45) is 10.2 Å². The Hall–Kier alpha value is -1.01. The largest absolute Gasteiger partial charge is 1.00 e. The quantitative estimate of drug-likeness (QED) is 0.246. The molecule has 144 valence electrons. The summed E-state index contributed by atoms with van der Waals surface area (Å²) >= 11 is 5.98. The van der Waals surface area contributed by atoms with Crippen molar-refractivity contribution in [3.05, 3.63) is 58.6 Å². The maximum Gasteiger partial charge on any atom is 1.00 e. The Morgan fingerprint density at radius 3 is 2.33 bits per heavy atom. The van der Waals surface area contributed by atoms with Gasteiger partial charge in [0.05, 0.1) is 11.7 Å². The number of rotatable bonds is 4. The van der Waals surface area contributed by atoms with Crippen molar-refractivity contribution in [1.29, 1.82) is 0 Å². The van der Waals surface area contributed by atoms with Crippen LogP contribution in [0.25, 0.3) is 10.8 Å². The smallest absolute Gasteiger partial charge is 0.871 e. The molecule has 0 amide bonds. The number of nitrogens with zero attached hydrogens (tertiary/aromatic N) is 2. The van der Waals surface area contributed by atoms with Gasteiger partial charge in [-0.1, -0.05) is 41.6 Å².